The average molecular weight is 430 g/mol. The second-order valence-electron chi connectivity index (χ2n) is 8.08. The Balaban J connectivity index is 0.00000280. The topological polar surface area (TPSA) is 83.7 Å². The third-order valence-corrected chi connectivity index (χ3v) is 7.71. The average Bonchev–Trinajstić information content (AvgIpc) is 2.67. The van der Waals surface area contributed by atoms with Gasteiger partial charge in [-0.05, 0) is 42.9 Å². The molecule has 2 atom stereocenters. The van der Waals surface area contributed by atoms with Gasteiger partial charge in [-0.15, -0.1) is 12.4 Å². The summed E-state index contributed by atoms with van der Waals surface area (Å²) in [7, 11) is -3.51. The minimum Gasteiger partial charge on any atom is -0.340 e. The van der Waals surface area contributed by atoms with Gasteiger partial charge in [-0.25, -0.2) is 8.42 Å². The van der Waals surface area contributed by atoms with Crippen LogP contribution in [-0.4, -0.2) is 55.8 Å². The van der Waals surface area contributed by atoms with Crippen LogP contribution in [0.25, 0.3) is 0 Å². The van der Waals surface area contributed by atoms with Crippen LogP contribution in [0.3, 0.4) is 0 Å². The SMILES string of the molecule is CC(C)c1ccc(S(=O)(=O)N2CCN(C(=O)C3CCCC(N)C3)CC2)cc1.Cl. The fraction of sp³-hybridized carbons (Fsp3) is 0.650. The van der Waals surface area contributed by atoms with Gasteiger partial charge in [0.05, 0.1) is 4.90 Å². The maximum absolute atomic E-state index is 12.9. The van der Waals surface area contributed by atoms with Crippen LogP contribution in [0, 0.1) is 5.92 Å². The number of piperazine rings is 1. The lowest BCUT2D eigenvalue weighted by Gasteiger charge is -2.37. The first-order valence-electron chi connectivity index (χ1n) is 9.93. The molecule has 1 amide bonds. The first-order valence-corrected chi connectivity index (χ1v) is 11.4. The zero-order valence-corrected chi connectivity index (χ0v) is 18.3. The van der Waals surface area contributed by atoms with Gasteiger partial charge < -0.3 is 10.6 Å². The lowest BCUT2D eigenvalue weighted by atomic mass is 9.85. The van der Waals surface area contributed by atoms with Crippen molar-refractivity contribution < 1.29 is 13.2 Å². The molecule has 1 aromatic carbocycles. The van der Waals surface area contributed by atoms with Gasteiger partial charge >= 0.3 is 0 Å². The summed E-state index contributed by atoms with van der Waals surface area (Å²) in [6, 6.07) is 7.24. The Hall–Kier alpha value is -1.15. The van der Waals surface area contributed by atoms with Crippen LogP contribution in [0.15, 0.2) is 29.2 Å². The number of nitrogens with zero attached hydrogens (tertiary/aromatic N) is 2. The van der Waals surface area contributed by atoms with Crippen molar-refractivity contribution in [3.05, 3.63) is 29.8 Å². The molecule has 1 heterocycles. The van der Waals surface area contributed by atoms with Crippen molar-refractivity contribution in [2.24, 2.45) is 11.7 Å². The Morgan fingerprint density at radius 1 is 1.07 bits per heavy atom. The molecule has 1 aromatic rings. The van der Waals surface area contributed by atoms with Crippen LogP contribution in [0.1, 0.15) is 51.0 Å². The zero-order valence-electron chi connectivity index (χ0n) is 16.7. The highest BCUT2D eigenvalue weighted by atomic mass is 35.5. The molecule has 2 N–H and O–H groups in total. The summed E-state index contributed by atoms with van der Waals surface area (Å²) in [5, 5.41) is 0. The van der Waals surface area contributed by atoms with Crippen molar-refractivity contribution in [3.63, 3.8) is 0 Å². The largest absolute Gasteiger partial charge is 0.340 e. The Labute approximate surface area is 174 Å². The molecule has 1 aliphatic heterocycles. The van der Waals surface area contributed by atoms with Crippen LogP contribution in [0.4, 0.5) is 0 Å². The van der Waals surface area contributed by atoms with Gasteiger partial charge in [-0.3, -0.25) is 4.79 Å². The van der Waals surface area contributed by atoms with Gasteiger partial charge in [-0.1, -0.05) is 32.4 Å². The number of hydrogen-bond acceptors (Lipinski definition) is 4. The molecule has 2 unspecified atom stereocenters. The van der Waals surface area contributed by atoms with Crippen molar-refractivity contribution in [2.45, 2.75) is 56.4 Å². The van der Waals surface area contributed by atoms with Crippen LogP contribution in [0.5, 0.6) is 0 Å². The highest BCUT2D eigenvalue weighted by Crippen LogP contribution is 2.26. The fourth-order valence-electron chi connectivity index (χ4n) is 4.03. The summed E-state index contributed by atoms with van der Waals surface area (Å²) in [4.78, 5) is 14.9. The smallest absolute Gasteiger partial charge is 0.243 e. The predicted octanol–water partition coefficient (Wildman–Crippen LogP) is 2.58. The van der Waals surface area contributed by atoms with Gasteiger partial charge in [0.2, 0.25) is 15.9 Å². The summed E-state index contributed by atoms with van der Waals surface area (Å²) in [6.07, 6.45) is 3.64. The van der Waals surface area contributed by atoms with E-state index in [1.54, 1.807) is 12.1 Å². The Kier molecular flexibility index (Phi) is 7.90. The van der Waals surface area contributed by atoms with E-state index in [1.165, 1.54) is 4.31 Å². The van der Waals surface area contributed by atoms with E-state index in [0.717, 1.165) is 31.2 Å². The summed E-state index contributed by atoms with van der Waals surface area (Å²) in [6.45, 7) is 5.76. The molecular weight excluding hydrogens is 398 g/mol. The highest BCUT2D eigenvalue weighted by molar-refractivity contribution is 7.89. The van der Waals surface area contributed by atoms with Crippen LogP contribution in [0.2, 0.25) is 0 Å². The van der Waals surface area contributed by atoms with Crippen LogP contribution < -0.4 is 5.73 Å². The predicted molar refractivity (Wildman–Crippen MR) is 113 cm³/mol. The maximum Gasteiger partial charge on any atom is 0.243 e. The molecule has 2 aliphatic rings. The summed E-state index contributed by atoms with van der Waals surface area (Å²) in [5.74, 6) is 0.508. The fourth-order valence-corrected chi connectivity index (χ4v) is 5.45. The molecule has 158 valence electrons. The number of hydrogen-bond donors (Lipinski definition) is 1. The summed E-state index contributed by atoms with van der Waals surface area (Å²) >= 11 is 0. The first-order chi connectivity index (χ1) is 12.8. The van der Waals surface area contributed by atoms with E-state index < -0.39 is 10.0 Å². The molecule has 6 nitrogen and oxygen atoms in total. The Morgan fingerprint density at radius 3 is 2.21 bits per heavy atom. The van der Waals surface area contributed by atoms with E-state index in [1.807, 2.05) is 17.0 Å². The minimum atomic E-state index is -3.51. The van der Waals surface area contributed by atoms with Crippen molar-refractivity contribution in [1.82, 2.24) is 9.21 Å². The number of rotatable bonds is 4. The highest BCUT2D eigenvalue weighted by Gasteiger charge is 2.34. The molecule has 1 saturated heterocycles. The lowest BCUT2D eigenvalue weighted by Crippen LogP contribution is -2.52. The third-order valence-electron chi connectivity index (χ3n) is 5.80. The molecule has 2 fully saturated rings. The minimum absolute atomic E-state index is 0. The number of benzene rings is 1. The van der Waals surface area contributed by atoms with Crippen LogP contribution >= 0.6 is 12.4 Å². The van der Waals surface area contributed by atoms with E-state index >= 15 is 0 Å². The first kappa shape index (κ1) is 23.1. The molecule has 8 heteroatoms. The van der Waals surface area contributed by atoms with E-state index in [0.29, 0.717) is 37.0 Å². The molecule has 3 rings (SSSR count). The molecule has 0 radical (unpaired) electrons. The lowest BCUT2D eigenvalue weighted by molar-refractivity contribution is -0.137. The van der Waals surface area contributed by atoms with E-state index in [9.17, 15) is 13.2 Å². The number of carbonyl (C=O) groups excluding carboxylic acids is 1. The number of nitrogens with two attached hydrogens (primary N) is 1. The monoisotopic (exact) mass is 429 g/mol. The number of halogens is 1. The molecule has 1 aliphatic carbocycles. The standard InChI is InChI=1S/C20H31N3O3S.ClH/c1-15(2)16-6-8-19(9-7-16)27(25,26)23-12-10-22(11-13-23)20(24)17-4-3-5-18(21)14-17;/h6-9,15,17-18H,3-5,10-14,21H2,1-2H3;1H. The second kappa shape index (κ2) is 9.57. The molecule has 0 bridgehead atoms. The van der Waals surface area contributed by atoms with Gasteiger partial charge in [-0.2, -0.15) is 4.31 Å². The maximum atomic E-state index is 12.9. The number of carbonyl (C=O) groups is 1. The molecule has 0 spiro atoms. The van der Waals surface area contributed by atoms with Crippen molar-refractivity contribution in [1.29, 1.82) is 0 Å². The second-order valence-corrected chi connectivity index (χ2v) is 10.0. The van der Waals surface area contributed by atoms with Crippen molar-refractivity contribution >= 4 is 28.3 Å². The van der Waals surface area contributed by atoms with E-state index in [4.69, 9.17) is 5.73 Å². The van der Waals surface area contributed by atoms with Gasteiger partial charge in [0.15, 0.2) is 0 Å². The zero-order chi connectivity index (χ0) is 19.6. The number of amides is 1. The van der Waals surface area contributed by atoms with E-state index in [-0.39, 0.29) is 30.3 Å². The molecule has 28 heavy (non-hydrogen) atoms. The Bertz CT molecular complexity index is 759. The molecule has 0 aromatic heterocycles. The summed E-state index contributed by atoms with van der Waals surface area (Å²) < 4.78 is 27.3. The van der Waals surface area contributed by atoms with Gasteiger partial charge in [0.25, 0.3) is 0 Å². The van der Waals surface area contributed by atoms with Crippen molar-refractivity contribution in [2.75, 3.05) is 26.2 Å². The summed E-state index contributed by atoms with van der Waals surface area (Å²) in [5.41, 5.74) is 7.13. The van der Waals surface area contributed by atoms with E-state index in [2.05, 4.69) is 13.8 Å². The third kappa shape index (κ3) is 5.06. The molecular formula is C20H32ClN3O3S. The normalized spacial score (nSPS) is 24.1. The van der Waals surface area contributed by atoms with Crippen molar-refractivity contribution in [3.8, 4) is 0 Å². The number of sulfonamides is 1. The quantitative estimate of drug-likeness (QED) is 0.797. The van der Waals surface area contributed by atoms with Gasteiger partial charge in [0, 0.05) is 38.1 Å². The Morgan fingerprint density at radius 2 is 1.68 bits per heavy atom. The molecule has 1 saturated carbocycles. The van der Waals surface area contributed by atoms with Gasteiger partial charge in [0.1, 0.15) is 0 Å². The van der Waals surface area contributed by atoms with Crippen LogP contribution in [-0.2, 0) is 14.8 Å².